The molecule has 2 atom stereocenters. The van der Waals surface area contributed by atoms with E-state index in [0.29, 0.717) is 12.0 Å². The third kappa shape index (κ3) is 3.92. The monoisotopic (exact) mass is 496 g/mol. The number of aliphatic hydroxyl groups excluding tert-OH is 1. The fourth-order valence-corrected chi connectivity index (χ4v) is 5.45. The number of nitrogens with zero attached hydrogens (tertiary/aromatic N) is 1. The Bertz CT molecular complexity index is 1310. The van der Waals surface area contributed by atoms with Gasteiger partial charge in [0.25, 0.3) is 0 Å². The molecule has 0 saturated carbocycles. The van der Waals surface area contributed by atoms with Crippen LogP contribution < -0.4 is 14.8 Å². The number of aliphatic hydroxyl groups is 1. The fraction of sp³-hybridized carbons (Fsp3) is 0.296. The number of halogens is 3. The third-order valence-corrected chi connectivity index (χ3v) is 7.10. The Balaban J connectivity index is 1.73. The summed E-state index contributed by atoms with van der Waals surface area (Å²) in [5.74, 6) is -1.51. The highest BCUT2D eigenvalue weighted by atomic mass is 35.5. The summed E-state index contributed by atoms with van der Waals surface area (Å²) in [6, 6.07) is 15.6. The molecule has 1 saturated heterocycles. The summed E-state index contributed by atoms with van der Waals surface area (Å²) in [7, 11) is 0. The lowest BCUT2D eigenvalue weighted by Crippen LogP contribution is -2.48. The van der Waals surface area contributed by atoms with Crippen molar-refractivity contribution in [1.82, 2.24) is 5.32 Å². The molecule has 180 valence electrons. The number of nitriles is 1. The van der Waals surface area contributed by atoms with Crippen molar-refractivity contribution >= 4 is 11.6 Å². The summed E-state index contributed by atoms with van der Waals surface area (Å²) in [6.07, 6.45) is 2.14. The van der Waals surface area contributed by atoms with Crippen LogP contribution in [0, 0.1) is 23.0 Å². The van der Waals surface area contributed by atoms with Crippen LogP contribution in [0.1, 0.15) is 29.5 Å². The number of rotatable bonds is 6. The lowest BCUT2D eigenvalue weighted by molar-refractivity contribution is 0.0539. The van der Waals surface area contributed by atoms with Crippen molar-refractivity contribution in [3.63, 3.8) is 0 Å². The van der Waals surface area contributed by atoms with Gasteiger partial charge in [-0.05, 0) is 37.1 Å². The Kier molecular flexibility index (Phi) is 6.37. The fourth-order valence-electron chi connectivity index (χ4n) is 5.18. The molecule has 35 heavy (non-hydrogen) atoms. The second-order valence-corrected chi connectivity index (χ2v) is 9.07. The molecule has 8 heteroatoms. The molecule has 1 unspecified atom stereocenters. The van der Waals surface area contributed by atoms with Gasteiger partial charge in [-0.3, -0.25) is 0 Å². The molecule has 3 aromatic carbocycles. The molecule has 0 amide bonds. The molecule has 2 aliphatic rings. The van der Waals surface area contributed by atoms with Gasteiger partial charge in [-0.1, -0.05) is 41.9 Å². The molecule has 5 nitrogen and oxygen atoms in total. The van der Waals surface area contributed by atoms with Crippen molar-refractivity contribution in [1.29, 1.82) is 5.26 Å². The lowest BCUT2D eigenvalue weighted by atomic mass is 9.80. The topological polar surface area (TPSA) is 74.5 Å². The van der Waals surface area contributed by atoms with E-state index >= 15 is 8.78 Å². The summed E-state index contributed by atoms with van der Waals surface area (Å²) < 4.78 is 42.7. The standard InChI is InChI=1S/C27H23ClF2N2O3/c28-25-19(29)13-21-18(24(25)23-16(15-31)8-9-20(26(23)30)34-12-11-33)14-27(35-21,22-7-4-10-32-22)17-5-2-1-3-6-17/h1-3,5-6,8-9,13,22,32-33H,4,7,10-12,14H2/t22-,27?/m0/s1. The van der Waals surface area contributed by atoms with Crippen LogP contribution in [-0.4, -0.2) is 30.9 Å². The molecule has 0 aromatic heterocycles. The van der Waals surface area contributed by atoms with Gasteiger partial charge in [0.05, 0.1) is 29.3 Å². The minimum Gasteiger partial charge on any atom is -0.488 e. The van der Waals surface area contributed by atoms with Crippen LogP contribution in [0.5, 0.6) is 11.5 Å². The van der Waals surface area contributed by atoms with E-state index in [0.717, 1.165) is 24.9 Å². The van der Waals surface area contributed by atoms with E-state index in [1.54, 1.807) is 0 Å². The van der Waals surface area contributed by atoms with Crippen molar-refractivity contribution < 1.29 is 23.4 Å². The quantitative estimate of drug-likeness (QED) is 0.496. The Morgan fingerprint density at radius 1 is 1.20 bits per heavy atom. The molecular weight excluding hydrogens is 474 g/mol. The maximum absolute atomic E-state index is 15.7. The SMILES string of the molecule is N#Cc1ccc(OCCO)c(F)c1-c1c(Cl)c(F)cc2c1CC(c1ccccc1)([C@@H]1CCCN1)O2. The zero-order valence-electron chi connectivity index (χ0n) is 18.8. The summed E-state index contributed by atoms with van der Waals surface area (Å²) >= 11 is 6.46. The summed E-state index contributed by atoms with van der Waals surface area (Å²) in [5.41, 5.74) is 0.532. The average Bonchev–Trinajstić information content (AvgIpc) is 3.54. The molecule has 2 heterocycles. The molecule has 5 rings (SSSR count). The van der Waals surface area contributed by atoms with Gasteiger partial charge >= 0.3 is 0 Å². The van der Waals surface area contributed by atoms with Crippen molar-refractivity contribution in [3.05, 3.63) is 81.9 Å². The number of benzene rings is 3. The van der Waals surface area contributed by atoms with Crippen LogP contribution >= 0.6 is 11.6 Å². The van der Waals surface area contributed by atoms with Crippen LogP contribution in [-0.2, 0) is 12.0 Å². The van der Waals surface area contributed by atoms with E-state index in [-0.39, 0.29) is 52.5 Å². The van der Waals surface area contributed by atoms with E-state index in [9.17, 15) is 5.26 Å². The van der Waals surface area contributed by atoms with Gasteiger partial charge in [0.1, 0.15) is 18.2 Å². The Morgan fingerprint density at radius 2 is 2.00 bits per heavy atom. The predicted molar refractivity (Wildman–Crippen MR) is 128 cm³/mol. The molecule has 3 aromatic rings. The van der Waals surface area contributed by atoms with E-state index in [4.69, 9.17) is 26.2 Å². The maximum atomic E-state index is 15.7. The highest BCUT2D eigenvalue weighted by molar-refractivity contribution is 6.34. The largest absolute Gasteiger partial charge is 0.488 e. The Hall–Kier alpha value is -3.18. The average molecular weight is 497 g/mol. The van der Waals surface area contributed by atoms with Crippen LogP contribution in [0.4, 0.5) is 8.78 Å². The van der Waals surface area contributed by atoms with Gasteiger partial charge in [-0.2, -0.15) is 5.26 Å². The molecule has 0 bridgehead atoms. The van der Waals surface area contributed by atoms with Crippen LogP contribution in [0.2, 0.25) is 5.02 Å². The molecule has 0 spiro atoms. The van der Waals surface area contributed by atoms with E-state index in [1.807, 2.05) is 36.4 Å². The van der Waals surface area contributed by atoms with E-state index < -0.39 is 17.2 Å². The van der Waals surface area contributed by atoms with E-state index in [2.05, 4.69) is 5.32 Å². The number of ether oxygens (including phenoxy) is 2. The zero-order chi connectivity index (χ0) is 24.6. The first-order valence-corrected chi connectivity index (χ1v) is 11.8. The first-order chi connectivity index (χ1) is 17.0. The van der Waals surface area contributed by atoms with Gasteiger partial charge in [0, 0.05) is 29.2 Å². The number of nitrogens with one attached hydrogen (secondary N) is 1. The molecular formula is C27H23ClF2N2O3. The summed E-state index contributed by atoms with van der Waals surface area (Å²) in [6.45, 7) is 0.385. The first kappa shape index (κ1) is 23.6. The van der Waals surface area contributed by atoms with Crippen molar-refractivity contribution in [2.75, 3.05) is 19.8 Å². The molecule has 1 fully saturated rings. The summed E-state index contributed by atoms with van der Waals surface area (Å²) in [5, 5.41) is 22.1. The highest BCUT2D eigenvalue weighted by Gasteiger charge is 2.50. The number of hydrogen-bond donors (Lipinski definition) is 2. The van der Waals surface area contributed by atoms with Crippen LogP contribution in [0.25, 0.3) is 11.1 Å². The minimum atomic E-state index is -0.847. The molecule has 0 aliphatic carbocycles. The lowest BCUT2D eigenvalue weighted by Gasteiger charge is -2.35. The maximum Gasteiger partial charge on any atom is 0.174 e. The highest BCUT2D eigenvalue weighted by Crippen LogP contribution is 2.52. The van der Waals surface area contributed by atoms with Gasteiger partial charge in [-0.15, -0.1) is 0 Å². The Morgan fingerprint density at radius 3 is 2.69 bits per heavy atom. The van der Waals surface area contributed by atoms with Crippen molar-refractivity contribution in [2.24, 2.45) is 0 Å². The van der Waals surface area contributed by atoms with Gasteiger partial charge in [-0.25, -0.2) is 8.78 Å². The number of fused-ring (bicyclic) bond motifs is 1. The first-order valence-electron chi connectivity index (χ1n) is 11.5. The second-order valence-electron chi connectivity index (χ2n) is 8.69. The van der Waals surface area contributed by atoms with Gasteiger partial charge < -0.3 is 19.9 Å². The Labute approximate surface area is 206 Å². The van der Waals surface area contributed by atoms with Crippen LogP contribution in [0.15, 0.2) is 48.5 Å². The third-order valence-electron chi connectivity index (χ3n) is 6.73. The van der Waals surface area contributed by atoms with Gasteiger partial charge in [0.2, 0.25) is 0 Å². The smallest absolute Gasteiger partial charge is 0.174 e. The van der Waals surface area contributed by atoms with Gasteiger partial charge in [0.15, 0.2) is 17.2 Å². The summed E-state index contributed by atoms with van der Waals surface area (Å²) in [4.78, 5) is 0. The van der Waals surface area contributed by atoms with Crippen molar-refractivity contribution in [2.45, 2.75) is 30.9 Å². The number of hydrogen-bond acceptors (Lipinski definition) is 5. The molecule has 2 aliphatic heterocycles. The molecule has 2 N–H and O–H groups in total. The minimum absolute atomic E-state index is 0.00949. The normalized spacial score (nSPS) is 20.8. The van der Waals surface area contributed by atoms with Crippen LogP contribution in [0.3, 0.4) is 0 Å². The zero-order valence-corrected chi connectivity index (χ0v) is 19.5. The van der Waals surface area contributed by atoms with E-state index in [1.165, 1.54) is 18.2 Å². The molecule has 0 radical (unpaired) electrons. The second kappa shape index (κ2) is 9.46. The van der Waals surface area contributed by atoms with Crippen molar-refractivity contribution in [3.8, 4) is 28.7 Å². The predicted octanol–water partition coefficient (Wildman–Crippen LogP) is 5.11.